The van der Waals surface area contributed by atoms with Crippen LogP contribution < -0.4 is 5.32 Å². The standard InChI is InChI=1S/C20H15ClFN5O2/c1-12-23-17(19-25-20(29-26-19)13-5-7-15(22)8-6-13)10-27(12)11-18(28)24-16-4-2-3-14(21)9-16/h2-10H,11H2,1H3,(H,24,28). The number of halogens is 2. The Morgan fingerprint density at radius 2 is 2.00 bits per heavy atom. The minimum absolute atomic E-state index is 0.0635. The predicted octanol–water partition coefficient (Wildman–Crippen LogP) is 4.34. The summed E-state index contributed by atoms with van der Waals surface area (Å²) in [5.41, 5.74) is 1.68. The van der Waals surface area contributed by atoms with Gasteiger partial charge in [-0.1, -0.05) is 22.8 Å². The zero-order valence-corrected chi connectivity index (χ0v) is 16.0. The van der Waals surface area contributed by atoms with Gasteiger partial charge in [0.1, 0.15) is 23.9 Å². The van der Waals surface area contributed by atoms with Crippen LogP contribution in [0.5, 0.6) is 0 Å². The molecule has 0 bridgehead atoms. The molecule has 1 amide bonds. The van der Waals surface area contributed by atoms with Crippen molar-refractivity contribution in [3.05, 3.63) is 71.4 Å². The number of rotatable bonds is 5. The van der Waals surface area contributed by atoms with Crippen LogP contribution in [-0.4, -0.2) is 25.6 Å². The first-order valence-electron chi connectivity index (χ1n) is 8.67. The zero-order valence-electron chi connectivity index (χ0n) is 15.3. The van der Waals surface area contributed by atoms with Gasteiger partial charge < -0.3 is 14.4 Å². The highest BCUT2D eigenvalue weighted by Gasteiger charge is 2.16. The summed E-state index contributed by atoms with van der Waals surface area (Å²) in [6.45, 7) is 1.84. The zero-order chi connectivity index (χ0) is 20.4. The Bertz CT molecular complexity index is 1170. The highest BCUT2D eigenvalue weighted by atomic mass is 35.5. The molecule has 0 saturated carbocycles. The van der Waals surface area contributed by atoms with Crippen LogP contribution in [0.2, 0.25) is 5.02 Å². The molecule has 29 heavy (non-hydrogen) atoms. The van der Waals surface area contributed by atoms with Crippen LogP contribution in [0.4, 0.5) is 10.1 Å². The Hall–Kier alpha value is -3.52. The third kappa shape index (κ3) is 4.33. The smallest absolute Gasteiger partial charge is 0.258 e. The Labute approximate surface area is 170 Å². The second-order valence-corrected chi connectivity index (χ2v) is 6.73. The number of nitrogens with one attached hydrogen (secondary N) is 1. The van der Waals surface area contributed by atoms with Crippen molar-refractivity contribution in [1.82, 2.24) is 19.7 Å². The number of carbonyl (C=O) groups is 1. The number of hydrogen-bond donors (Lipinski definition) is 1. The number of carbonyl (C=O) groups excluding carboxylic acids is 1. The number of aromatic nitrogens is 4. The molecule has 0 aliphatic heterocycles. The topological polar surface area (TPSA) is 85.8 Å². The summed E-state index contributed by atoms with van der Waals surface area (Å²) in [5, 5.41) is 7.25. The van der Waals surface area contributed by atoms with Crippen LogP contribution in [0.15, 0.2) is 59.3 Å². The molecule has 0 saturated heterocycles. The molecule has 0 atom stereocenters. The highest BCUT2D eigenvalue weighted by molar-refractivity contribution is 6.30. The Morgan fingerprint density at radius 3 is 2.76 bits per heavy atom. The number of imidazole rings is 1. The van der Waals surface area contributed by atoms with Crippen LogP contribution in [0.1, 0.15) is 5.82 Å². The number of aryl methyl sites for hydroxylation is 1. The summed E-state index contributed by atoms with van der Waals surface area (Å²) in [6.07, 6.45) is 1.67. The molecular formula is C20H15ClFN5O2. The first-order valence-corrected chi connectivity index (χ1v) is 9.05. The van der Waals surface area contributed by atoms with Crippen molar-refractivity contribution < 1.29 is 13.7 Å². The van der Waals surface area contributed by atoms with Gasteiger partial charge in [-0.25, -0.2) is 9.37 Å². The molecule has 7 nitrogen and oxygen atoms in total. The summed E-state index contributed by atoms with van der Waals surface area (Å²) in [5.74, 6) is 0.583. The third-order valence-electron chi connectivity index (χ3n) is 4.14. The fourth-order valence-corrected chi connectivity index (χ4v) is 2.93. The fourth-order valence-electron chi connectivity index (χ4n) is 2.73. The molecule has 1 N–H and O–H groups in total. The lowest BCUT2D eigenvalue weighted by atomic mass is 10.2. The second kappa shape index (κ2) is 7.84. The van der Waals surface area contributed by atoms with E-state index in [1.807, 2.05) is 0 Å². The first-order chi connectivity index (χ1) is 14.0. The molecule has 2 aromatic carbocycles. The van der Waals surface area contributed by atoms with E-state index in [1.54, 1.807) is 54.1 Å². The number of nitrogens with zero attached hydrogens (tertiary/aromatic N) is 4. The van der Waals surface area contributed by atoms with E-state index in [2.05, 4.69) is 20.4 Å². The lowest BCUT2D eigenvalue weighted by Gasteiger charge is -2.07. The average molecular weight is 412 g/mol. The molecule has 0 fully saturated rings. The molecule has 146 valence electrons. The average Bonchev–Trinajstić information content (AvgIpc) is 3.30. The van der Waals surface area contributed by atoms with Gasteiger partial charge in [-0.2, -0.15) is 4.98 Å². The van der Waals surface area contributed by atoms with Gasteiger partial charge in [0, 0.05) is 22.5 Å². The van der Waals surface area contributed by atoms with Crippen LogP contribution in [-0.2, 0) is 11.3 Å². The third-order valence-corrected chi connectivity index (χ3v) is 4.38. The van der Waals surface area contributed by atoms with Gasteiger partial charge in [-0.15, -0.1) is 0 Å². The Balaban J connectivity index is 1.49. The largest absolute Gasteiger partial charge is 0.334 e. The molecule has 9 heteroatoms. The van der Waals surface area contributed by atoms with Crippen molar-refractivity contribution in [2.75, 3.05) is 5.32 Å². The summed E-state index contributed by atoms with van der Waals surface area (Å²) in [6, 6.07) is 12.6. The van der Waals surface area contributed by atoms with Crippen LogP contribution in [0.25, 0.3) is 23.0 Å². The lowest BCUT2D eigenvalue weighted by Crippen LogP contribution is -2.19. The van der Waals surface area contributed by atoms with Gasteiger partial charge in [0.25, 0.3) is 5.89 Å². The summed E-state index contributed by atoms with van der Waals surface area (Å²) >= 11 is 5.93. The molecule has 2 aromatic heterocycles. The van der Waals surface area contributed by atoms with Crippen molar-refractivity contribution in [2.24, 2.45) is 0 Å². The van der Waals surface area contributed by atoms with Crippen molar-refractivity contribution >= 4 is 23.2 Å². The molecule has 4 aromatic rings. The van der Waals surface area contributed by atoms with Gasteiger partial charge in [-0.3, -0.25) is 4.79 Å². The molecule has 2 heterocycles. The number of hydrogen-bond acceptors (Lipinski definition) is 5. The molecule has 0 spiro atoms. The van der Waals surface area contributed by atoms with E-state index >= 15 is 0 Å². The maximum absolute atomic E-state index is 13.1. The summed E-state index contributed by atoms with van der Waals surface area (Å²) < 4.78 is 20.0. The number of amides is 1. The van der Waals surface area contributed by atoms with E-state index in [-0.39, 0.29) is 30.0 Å². The molecule has 4 rings (SSSR count). The second-order valence-electron chi connectivity index (χ2n) is 6.29. The summed E-state index contributed by atoms with van der Waals surface area (Å²) in [7, 11) is 0. The molecular weight excluding hydrogens is 397 g/mol. The van der Waals surface area contributed by atoms with E-state index < -0.39 is 0 Å². The summed E-state index contributed by atoms with van der Waals surface area (Å²) in [4.78, 5) is 21.0. The minimum Gasteiger partial charge on any atom is -0.334 e. The van der Waals surface area contributed by atoms with Crippen LogP contribution >= 0.6 is 11.6 Å². The molecule has 0 radical (unpaired) electrons. The van der Waals surface area contributed by atoms with Crippen LogP contribution in [0, 0.1) is 12.7 Å². The van der Waals surface area contributed by atoms with E-state index in [4.69, 9.17) is 16.1 Å². The Morgan fingerprint density at radius 1 is 1.21 bits per heavy atom. The van der Waals surface area contributed by atoms with Crippen molar-refractivity contribution in [1.29, 1.82) is 0 Å². The van der Waals surface area contributed by atoms with Crippen molar-refractivity contribution in [3.63, 3.8) is 0 Å². The highest BCUT2D eigenvalue weighted by Crippen LogP contribution is 2.22. The van der Waals surface area contributed by atoms with E-state index in [0.717, 1.165) is 0 Å². The quantitative estimate of drug-likeness (QED) is 0.528. The molecule has 0 aliphatic carbocycles. The number of benzene rings is 2. The van der Waals surface area contributed by atoms with Crippen molar-refractivity contribution in [2.45, 2.75) is 13.5 Å². The predicted molar refractivity (Wildman–Crippen MR) is 106 cm³/mol. The van der Waals surface area contributed by atoms with Gasteiger partial charge in [-0.05, 0) is 49.4 Å². The van der Waals surface area contributed by atoms with E-state index in [0.29, 0.717) is 27.8 Å². The van der Waals surface area contributed by atoms with Gasteiger partial charge in [0.05, 0.1) is 0 Å². The van der Waals surface area contributed by atoms with Crippen molar-refractivity contribution in [3.8, 4) is 23.0 Å². The number of anilines is 1. The van der Waals surface area contributed by atoms with Gasteiger partial charge in [0.15, 0.2) is 0 Å². The SMILES string of the molecule is Cc1nc(-c2noc(-c3ccc(F)cc3)n2)cn1CC(=O)Nc1cccc(Cl)c1. The van der Waals surface area contributed by atoms with Crippen LogP contribution in [0.3, 0.4) is 0 Å². The van der Waals surface area contributed by atoms with Gasteiger partial charge in [0.2, 0.25) is 11.7 Å². The van der Waals surface area contributed by atoms with E-state index in [1.165, 1.54) is 12.1 Å². The lowest BCUT2D eigenvalue weighted by molar-refractivity contribution is -0.116. The Kier molecular flexibility index (Phi) is 5.09. The fraction of sp³-hybridized carbons (Fsp3) is 0.100. The maximum Gasteiger partial charge on any atom is 0.258 e. The molecule has 0 unspecified atom stereocenters. The maximum atomic E-state index is 13.1. The molecule has 0 aliphatic rings. The first kappa shape index (κ1) is 18.8. The van der Waals surface area contributed by atoms with Gasteiger partial charge >= 0.3 is 0 Å². The normalized spacial score (nSPS) is 10.9. The monoisotopic (exact) mass is 411 g/mol. The van der Waals surface area contributed by atoms with E-state index in [9.17, 15) is 9.18 Å². The minimum atomic E-state index is -0.348.